The van der Waals surface area contributed by atoms with Crippen molar-refractivity contribution in [2.75, 3.05) is 4.90 Å². The normalized spacial score (nSPS) is 16.2. The summed E-state index contributed by atoms with van der Waals surface area (Å²) in [5.41, 5.74) is 6.82. The quantitative estimate of drug-likeness (QED) is 0.154. The summed E-state index contributed by atoms with van der Waals surface area (Å²) in [6.07, 6.45) is 2.09. The SMILES string of the molecule is CC1=CC(=[N+](c2ccccc2)c2ccccc2)SC1=C1C(=O)C(c2sc(N(c3ccccc3)c3ccccc3)cc2C)=C1O. The maximum absolute atomic E-state index is 13.8. The van der Waals surface area contributed by atoms with Crippen molar-refractivity contribution in [1.82, 2.24) is 4.58 Å². The Labute approximate surface area is 265 Å². The summed E-state index contributed by atoms with van der Waals surface area (Å²) >= 11 is 3.05. The van der Waals surface area contributed by atoms with E-state index in [1.807, 2.05) is 86.6 Å². The van der Waals surface area contributed by atoms with E-state index in [1.165, 1.54) is 23.1 Å². The van der Waals surface area contributed by atoms with Gasteiger partial charge in [0.1, 0.15) is 10.8 Å². The van der Waals surface area contributed by atoms with Crippen LogP contribution in [0.5, 0.6) is 0 Å². The molecule has 5 aromatic rings. The number of carbonyl (C=O) groups is 1. The number of thioether (sulfide) groups is 1. The minimum absolute atomic E-state index is 0.0694. The fourth-order valence-corrected chi connectivity index (χ4v) is 8.10. The summed E-state index contributed by atoms with van der Waals surface area (Å²) in [6.45, 7) is 4.00. The van der Waals surface area contributed by atoms with E-state index in [9.17, 15) is 9.90 Å². The van der Waals surface area contributed by atoms with Gasteiger partial charge in [0, 0.05) is 51.5 Å². The lowest BCUT2D eigenvalue weighted by Crippen LogP contribution is -2.22. The van der Waals surface area contributed by atoms with Crippen LogP contribution < -0.4 is 9.48 Å². The Morgan fingerprint density at radius 2 is 1.18 bits per heavy atom. The molecule has 0 unspecified atom stereocenters. The van der Waals surface area contributed by atoms with Crippen molar-refractivity contribution in [2.45, 2.75) is 13.8 Å². The summed E-state index contributed by atoms with van der Waals surface area (Å²) < 4.78 is 2.18. The van der Waals surface area contributed by atoms with Crippen LogP contribution in [-0.2, 0) is 4.79 Å². The van der Waals surface area contributed by atoms with E-state index in [0.29, 0.717) is 11.1 Å². The number of anilines is 3. The molecule has 0 saturated heterocycles. The lowest BCUT2D eigenvalue weighted by molar-refractivity contribution is -0.111. The van der Waals surface area contributed by atoms with Gasteiger partial charge in [-0.05, 0) is 67.1 Å². The molecule has 0 bridgehead atoms. The average molecular weight is 610 g/mol. The molecule has 0 atom stereocenters. The number of Topliss-reactive ketones (excluding diaryl/α,β-unsaturated/α-hetero) is 1. The van der Waals surface area contributed by atoms with Crippen LogP contribution in [0.1, 0.15) is 17.4 Å². The molecule has 4 aromatic carbocycles. The molecule has 214 valence electrons. The van der Waals surface area contributed by atoms with Crippen LogP contribution in [0, 0.1) is 6.92 Å². The molecular weight excluding hydrogens is 581 g/mol. The zero-order chi connectivity index (χ0) is 30.2. The molecule has 2 heterocycles. The minimum atomic E-state index is -0.118. The van der Waals surface area contributed by atoms with Crippen LogP contribution in [-0.4, -0.2) is 15.9 Å². The molecule has 1 aromatic heterocycles. The van der Waals surface area contributed by atoms with E-state index in [-0.39, 0.29) is 11.5 Å². The summed E-state index contributed by atoms with van der Waals surface area (Å²) in [4.78, 5) is 17.6. The Morgan fingerprint density at radius 3 is 1.68 bits per heavy atom. The average Bonchev–Trinajstić information content (AvgIpc) is 3.61. The van der Waals surface area contributed by atoms with E-state index >= 15 is 0 Å². The molecule has 0 fully saturated rings. The van der Waals surface area contributed by atoms with Gasteiger partial charge in [-0.2, -0.15) is 0 Å². The second-order valence-corrected chi connectivity index (χ2v) is 12.7. The fourth-order valence-electron chi connectivity index (χ4n) is 5.59. The van der Waals surface area contributed by atoms with Crippen molar-refractivity contribution < 1.29 is 9.90 Å². The van der Waals surface area contributed by atoms with Crippen molar-refractivity contribution >= 4 is 67.2 Å². The van der Waals surface area contributed by atoms with Crippen molar-refractivity contribution in [3.05, 3.63) is 166 Å². The van der Waals surface area contributed by atoms with Crippen LogP contribution >= 0.6 is 23.1 Å². The smallest absolute Gasteiger partial charge is 0.251 e. The van der Waals surface area contributed by atoms with Gasteiger partial charge in [0.2, 0.25) is 17.2 Å². The van der Waals surface area contributed by atoms with Gasteiger partial charge < -0.3 is 10.0 Å². The number of benzene rings is 4. The first-order chi connectivity index (χ1) is 21.5. The van der Waals surface area contributed by atoms with Gasteiger partial charge in [0.05, 0.1) is 11.1 Å². The molecule has 0 saturated carbocycles. The van der Waals surface area contributed by atoms with E-state index < -0.39 is 0 Å². The number of aliphatic hydroxyl groups excluding tert-OH is 1. The number of allylic oxidation sites excluding steroid dienone is 3. The van der Waals surface area contributed by atoms with Crippen molar-refractivity contribution in [3.8, 4) is 0 Å². The number of carbonyl (C=O) groups excluding carboxylic acids is 1. The number of ketones is 1. The van der Waals surface area contributed by atoms with E-state index in [4.69, 9.17) is 0 Å². The maximum Gasteiger partial charge on any atom is 0.251 e. The number of hydrogen-bond acceptors (Lipinski definition) is 5. The Balaban J connectivity index is 1.29. The number of nitrogens with zero attached hydrogens (tertiary/aromatic N) is 2. The van der Waals surface area contributed by atoms with Crippen LogP contribution in [0.15, 0.2) is 155 Å². The lowest BCUT2D eigenvalue weighted by Gasteiger charge is -2.24. The monoisotopic (exact) mass is 609 g/mol. The highest BCUT2D eigenvalue weighted by Gasteiger charge is 2.42. The first-order valence-corrected chi connectivity index (χ1v) is 16.0. The van der Waals surface area contributed by atoms with Crippen molar-refractivity contribution in [2.24, 2.45) is 0 Å². The Morgan fingerprint density at radius 1 is 0.682 bits per heavy atom. The Kier molecular flexibility index (Phi) is 7.38. The van der Waals surface area contributed by atoms with Crippen LogP contribution in [0.25, 0.3) is 5.57 Å². The van der Waals surface area contributed by atoms with Crippen molar-refractivity contribution in [1.29, 1.82) is 0 Å². The third kappa shape index (κ3) is 4.92. The van der Waals surface area contributed by atoms with Gasteiger partial charge in [-0.3, -0.25) is 4.79 Å². The first kappa shape index (κ1) is 27.9. The van der Waals surface area contributed by atoms with E-state index in [1.54, 1.807) is 0 Å². The van der Waals surface area contributed by atoms with Gasteiger partial charge in [0.25, 0.3) is 5.04 Å². The largest absolute Gasteiger partial charge is 0.506 e. The molecule has 0 radical (unpaired) electrons. The molecule has 4 nitrogen and oxygen atoms in total. The molecule has 0 spiro atoms. The number of hydrogen-bond donors (Lipinski definition) is 1. The van der Waals surface area contributed by atoms with Crippen LogP contribution in [0.2, 0.25) is 0 Å². The zero-order valence-corrected chi connectivity index (χ0v) is 25.9. The molecule has 2 aliphatic rings. The highest BCUT2D eigenvalue weighted by atomic mass is 32.2. The Bertz CT molecular complexity index is 1930. The standard InChI is InChI=1S/C38H28N2O2S2/c1-25-23-31(39(27-15-7-3-8-16-27)28-17-9-4-10-18-28)43-37(25)33-35(41)34(36(33)42)38-26(2)24-32(44-38)40(29-19-11-5-12-20-29)30-21-13-6-14-22-30/h3-24H,1-2H3/p+1. The summed E-state index contributed by atoms with van der Waals surface area (Å²) in [7, 11) is 0. The maximum atomic E-state index is 13.8. The predicted molar refractivity (Wildman–Crippen MR) is 186 cm³/mol. The highest BCUT2D eigenvalue weighted by Crippen LogP contribution is 2.50. The van der Waals surface area contributed by atoms with Gasteiger partial charge in [-0.15, -0.1) is 15.9 Å². The second-order valence-electron chi connectivity index (χ2n) is 10.6. The topological polar surface area (TPSA) is 43.5 Å². The lowest BCUT2D eigenvalue weighted by atomic mass is 9.85. The predicted octanol–water partition coefficient (Wildman–Crippen LogP) is 10.3. The molecule has 0 amide bonds. The van der Waals surface area contributed by atoms with Gasteiger partial charge in [-0.25, -0.2) is 0 Å². The van der Waals surface area contributed by atoms with Gasteiger partial charge in [-0.1, -0.05) is 72.8 Å². The number of aryl methyl sites for hydroxylation is 1. The first-order valence-electron chi connectivity index (χ1n) is 14.4. The highest BCUT2D eigenvalue weighted by molar-refractivity contribution is 8.18. The number of rotatable bonds is 6. The summed E-state index contributed by atoms with van der Waals surface area (Å²) in [5, 5.41) is 13.4. The number of thiophene rings is 1. The summed E-state index contributed by atoms with van der Waals surface area (Å²) in [6, 6.07) is 42.9. The molecular formula is C38H29N2O2S2+. The van der Waals surface area contributed by atoms with Gasteiger partial charge in [0.15, 0.2) is 0 Å². The molecule has 1 aliphatic carbocycles. The minimum Gasteiger partial charge on any atom is -0.506 e. The van der Waals surface area contributed by atoms with E-state index in [2.05, 4.69) is 70.1 Å². The second kappa shape index (κ2) is 11.6. The molecule has 6 heteroatoms. The third-order valence-electron chi connectivity index (χ3n) is 7.69. The molecule has 7 rings (SSSR count). The fraction of sp³-hybridized carbons (Fsp3) is 0.0526. The Hall–Kier alpha value is -4.91. The molecule has 44 heavy (non-hydrogen) atoms. The molecule has 1 N–H and O–H groups in total. The molecule has 1 aliphatic heterocycles. The number of aliphatic hydroxyl groups is 1. The van der Waals surface area contributed by atoms with Crippen LogP contribution in [0.3, 0.4) is 0 Å². The van der Waals surface area contributed by atoms with Gasteiger partial charge >= 0.3 is 0 Å². The summed E-state index contributed by atoms with van der Waals surface area (Å²) in [5.74, 6) is -0.0487. The van der Waals surface area contributed by atoms with Crippen LogP contribution in [0.4, 0.5) is 27.8 Å². The van der Waals surface area contributed by atoms with Crippen molar-refractivity contribution in [3.63, 3.8) is 0 Å². The third-order valence-corrected chi connectivity index (χ3v) is 10.2. The van der Waals surface area contributed by atoms with E-state index in [0.717, 1.165) is 53.7 Å². The number of para-hydroxylation sites is 4. The zero-order valence-electron chi connectivity index (χ0n) is 24.3.